The van der Waals surface area contributed by atoms with E-state index >= 15 is 0 Å². The fourth-order valence-electron chi connectivity index (χ4n) is 4.77. The first-order valence-corrected chi connectivity index (χ1v) is 9.35. The van der Waals surface area contributed by atoms with Crippen LogP contribution in [0.2, 0.25) is 0 Å². The van der Waals surface area contributed by atoms with Crippen LogP contribution in [0.4, 0.5) is 0 Å². The van der Waals surface area contributed by atoms with Crippen LogP contribution in [0.1, 0.15) is 72.4 Å². The Balaban J connectivity index is 1.43. The summed E-state index contributed by atoms with van der Waals surface area (Å²) in [6.45, 7) is 1.55. The van der Waals surface area contributed by atoms with Crippen molar-refractivity contribution in [3.05, 3.63) is 29.6 Å². The highest BCUT2D eigenvalue weighted by Crippen LogP contribution is 2.53. The van der Waals surface area contributed by atoms with Gasteiger partial charge in [-0.3, -0.25) is 14.6 Å². The molecule has 2 saturated carbocycles. The van der Waals surface area contributed by atoms with E-state index in [1.807, 2.05) is 11.9 Å². The molecule has 1 atom stereocenters. The van der Waals surface area contributed by atoms with Crippen LogP contribution < -0.4 is 0 Å². The van der Waals surface area contributed by atoms with Crippen LogP contribution in [0.5, 0.6) is 0 Å². The quantitative estimate of drug-likeness (QED) is 0.929. The summed E-state index contributed by atoms with van der Waals surface area (Å²) in [6, 6.07) is 0. The number of likely N-dealkylation sites (tertiary alicyclic amines) is 1. The average molecular weight is 340 g/mol. The molecule has 3 aliphatic rings. The van der Waals surface area contributed by atoms with E-state index in [1.54, 1.807) is 17.1 Å². The normalized spacial score (nSPS) is 25.2. The molecule has 2 aromatic rings. The van der Waals surface area contributed by atoms with Crippen molar-refractivity contribution in [3.8, 4) is 0 Å². The number of aromatic nitrogens is 5. The van der Waals surface area contributed by atoms with E-state index in [0.717, 1.165) is 24.7 Å². The Morgan fingerprint density at radius 1 is 1.32 bits per heavy atom. The lowest BCUT2D eigenvalue weighted by Crippen LogP contribution is -2.31. The van der Waals surface area contributed by atoms with Crippen molar-refractivity contribution < 1.29 is 4.79 Å². The van der Waals surface area contributed by atoms with Gasteiger partial charge in [0.05, 0.1) is 11.8 Å². The van der Waals surface area contributed by atoms with E-state index in [2.05, 4.69) is 15.3 Å². The van der Waals surface area contributed by atoms with Crippen molar-refractivity contribution in [1.29, 1.82) is 0 Å². The topological polar surface area (TPSA) is 79.7 Å². The molecule has 7 heteroatoms. The highest BCUT2D eigenvalue weighted by Gasteiger charge is 2.51. The monoisotopic (exact) mass is 340 g/mol. The third-order valence-electron chi connectivity index (χ3n) is 6.28. The van der Waals surface area contributed by atoms with Crippen molar-refractivity contribution in [3.63, 3.8) is 0 Å². The molecule has 0 bridgehead atoms. The predicted molar refractivity (Wildman–Crippen MR) is 91.1 cm³/mol. The first-order chi connectivity index (χ1) is 12.1. The number of nitrogens with zero attached hydrogens (tertiary/aromatic N) is 5. The van der Waals surface area contributed by atoms with Crippen molar-refractivity contribution in [2.24, 2.45) is 12.5 Å². The lowest BCUT2D eigenvalue weighted by atomic mass is 9.76. The molecule has 1 aliphatic heterocycles. The molecule has 1 N–H and O–H groups in total. The van der Waals surface area contributed by atoms with Gasteiger partial charge in [0.2, 0.25) is 0 Å². The third-order valence-corrected chi connectivity index (χ3v) is 6.28. The summed E-state index contributed by atoms with van der Waals surface area (Å²) in [5.41, 5.74) is 0.839. The van der Waals surface area contributed by atoms with Crippen LogP contribution in [-0.2, 0) is 7.05 Å². The number of rotatable bonds is 3. The van der Waals surface area contributed by atoms with E-state index in [-0.39, 0.29) is 17.2 Å². The Kier molecular flexibility index (Phi) is 3.27. The summed E-state index contributed by atoms with van der Waals surface area (Å²) in [5, 5.41) is 11.8. The van der Waals surface area contributed by atoms with Crippen molar-refractivity contribution in [1.82, 2.24) is 29.9 Å². The van der Waals surface area contributed by atoms with Gasteiger partial charge in [0.1, 0.15) is 5.82 Å². The minimum Gasteiger partial charge on any atom is -0.337 e. The van der Waals surface area contributed by atoms with Crippen LogP contribution in [0.3, 0.4) is 0 Å². The van der Waals surface area contributed by atoms with Crippen molar-refractivity contribution in [2.75, 3.05) is 13.1 Å². The Morgan fingerprint density at radius 3 is 2.80 bits per heavy atom. The number of nitrogens with one attached hydrogen (secondary N) is 1. The van der Waals surface area contributed by atoms with Gasteiger partial charge >= 0.3 is 0 Å². The highest BCUT2D eigenvalue weighted by atomic mass is 16.2. The number of aryl methyl sites for hydroxylation is 1. The minimum atomic E-state index is 0.0869. The van der Waals surface area contributed by atoms with Crippen molar-refractivity contribution >= 4 is 5.91 Å². The second-order valence-electron chi connectivity index (χ2n) is 8.06. The smallest absolute Gasteiger partial charge is 0.257 e. The third kappa shape index (κ3) is 2.48. The van der Waals surface area contributed by atoms with E-state index in [4.69, 9.17) is 4.98 Å². The molecule has 1 amide bonds. The zero-order chi connectivity index (χ0) is 17.0. The van der Waals surface area contributed by atoms with Gasteiger partial charge in [0, 0.05) is 38.2 Å². The summed E-state index contributed by atoms with van der Waals surface area (Å²) >= 11 is 0. The van der Waals surface area contributed by atoms with E-state index in [1.165, 1.54) is 38.5 Å². The fraction of sp³-hybridized carbons (Fsp3) is 0.667. The molecule has 1 spiro atoms. The number of amides is 1. The number of hydrogen-bond acceptors (Lipinski definition) is 4. The largest absolute Gasteiger partial charge is 0.337 e. The maximum absolute atomic E-state index is 12.9. The van der Waals surface area contributed by atoms with Gasteiger partial charge in [0.25, 0.3) is 5.91 Å². The molecule has 1 saturated heterocycles. The summed E-state index contributed by atoms with van der Waals surface area (Å²) in [7, 11) is 1.84. The van der Waals surface area contributed by atoms with Crippen LogP contribution in [0.15, 0.2) is 12.4 Å². The van der Waals surface area contributed by atoms with Gasteiger partial charge in [0.15, 0.2) is 5.82 Å². The lowest BCUT2D eigenvalue weighted by molar-refractivity contribution is 0.0773. The van der Waals surface area contributed by atoms with Crippen molar-refractivity contribution in [2.45, 2.75) is 50.4 Å². The molecule has 5 rings (SSSR count). The first kappa shape index (κ1) is 15.1. The van der Waals surface area contributed by atoms with Gasteiger partial charge in [-0.2, -0.15) is 10.2 Å². The Labute approximate surface area is 146 Å². The van der Waals surface area contributed by atoms with Crippen LogP contribution in [0, 0.1) is 5.41 Å². The highest BCUT2D eigenvalue weighted by molar-refractivity contribution is 5.94. The van der Waals surface area contributed by atoms with Gasteiger partial charge in [-0.15, -0.1) is 0 Å². The Bertz CT molecular complexity index is 798. The number of carbonyl (C=O) groups is 1. The van der Waals surface area contributed by atoms with Gasteiger partial charge in [-0.25, -0.2) is 4.98 Å². The van der Waals surface area contributed by atoms with Crippen LogP contribution >= 0.6 is 0 Å². The second kappa shape index (κ2) is 5.41. The average Bonchev–Trinajstić information content (AvgIpc) is 3.05. The van der Waals surface area contributed by atoms with Gasteiger partial charge < -0.3 is 4.90 Å². The molecule has 25 heavy (non-hydrogen) atoms. The zero-order valence-electron chi connectivity index (χ0n) is 14.6. The number of carbonyl (C=O) groups excluding carboxylic acids is 1. The minimum absolute atomic E-state index is 0.0869. The SMILES string of the molecule is Cn1cc(C(=O)N2CC(c3nc(C4CC4)n[nH]3)C3(CCCC3)C2)cn1. The molecule has 2 aliphatic carbocycles. The fourth-order valence-corrected chi connectivity index (χ4v) is 4.77. The van der Waals surface area contributed by atoms with Crippen LogP contribution in [-0.4, -0.2) is 48.9 Å². The van der Waals surface area contributed by atoms with E-state index in [0.29, 0.717) is 11.5 Å². The first-order valence-electron chi connectivity index (χ1n) is 9.35. The molecule has 0 aromatic carbocycles. The molecule has 132 valence electrons. The molecule has 3 heterocycles. The molecule has 2 aromatic heterocycles. The Morgan fingerprint density at radius 2 is 2.12 bits per heavy atom. The number of hydrogen-bond donors (Lipinski definition) is 1. The molecular weight excluding hydrogens is 316 g/mol. The lowest BCUT2D eigenvalue weighted by Gasteiger charge is -2.28. The molecule has 0 radical (unpaired) electrons. The molecule has 3 fully saturated rings. The molecule has 1 unspecified atom stereocenters. The standard InChI is InChI=1S/C18H24N6O/c1-23-9-13(8-19-23)17(25)24-10-14(18(11-24)6-2-3-7-18)16-20-15(21-22-16)12-4-5-12/h8-9,12,14H,2-7,10-11H2,1H3,(H,20,21,22). The maximum atomic E-state index is 12.9. The van der Waals surface area contributed by atoms with Crippen LogP contribution in [0.25, 0.3) is 0 Å². The van der Waals surface area contributed by atoms with E-state index < -0.39 is 0 Å². The number of aromatic amines is 1. The zero-order valence-corrected chi connectivity index (χ0v) is 14.6. The maximum Gasteiger partial charge on any atom is 0.257 e. The Hall–Kier alpha value is -2.18. The number of H-pyrrole nitrogens is 1. The molecular formula is C18H24N6O. The summed E-state index contributed by atoms with van der Waals surface area (Å²) in [5.74, 6) is 2.88. The second-order valence-corrected chi connectivity index (χ2v) is 8.06. The predicted octanol–water partition coefficient (Wildman–Crippen LogP) is 2.22. The van der Waals surface area contributed by atoms with Gasteiger partial charge in [-0.1, -0.05) is 12.8 Å². The summed E-state index contributed by atoms with van der Waals surface area (Å²) in [4.78, 5) is 19.8. The van der Waals surface area contributed by atoms with E-state index in [9.17, 15) is 4.79 Å². The summed E-state index contributed by atoms with van der Waals surface area (Å²) < 4.78 is 1.69. The molecule has 7 nitrogen and oxygen atoms in total. The van der Waals surface area contributed by atoms with Gasteiger partial charge in [-0.05, 0) is 31.1 Å². The summed E-state index contributed by atoms with van der Waals surface area (Å²) in [6.07, 6.45) is 10.7.